The minimum Gasteiger partial charge on any atom is -0.456 e. The molecule has 0 aliphatic rings. The van der Waals surface area contributed by atoms with Crippen molar-refractivity contribution < 1.29 is 4.42 Å². The Labute approximate surface area is 263 Å². The molecule has 6 heteroatoms. The molecule has 3 heterocycles. The fourth-order valence-electron chi connectivity index (χ4n) is 6.33. The van der Waals surface area contributed by atoms with E-state index in [2.05, 4.69) is 65.2 Å². The van der Waals surface area contributed by atoms with Crippen LogP contribution >= 0.6 is 0 Å². The molecule has 6 nitrogen and oxygen atoms in total. The van der Waals surface area contributed by atoms with E-state index in [1.54, 1.807) is 6.07 Å². The molecule has 0 bridgehead atoms. The number of fused-ring (bicyclic) bond motifs is 6. The average Bonchev–Trinajstić information content (AvgIpc) is 3.65. The van der Waals surface area contributed by atoms with E-state index < -0.39 is 0 Å². The third kappa shape index (κ3) is 4.15. The highest BCUT2D eigenvalue weighted by molar-refractivity contribution is 6.17. The van der Waals surface area contributed by atoms with E-state index in [0.717, 1.165) is 66.1 Å². The summed E-state index contributed by atoms with van der Waals surface area (Å²) in [6.07, 6.45) is 0. The number of benzene rings is 6. The van der Waals surface area contributed by atoms with E-state index in [9.17, 15) is 5.26 Å². The van der Waals surface area contributed by atoms with Gasteiger partial charge in [-0.2, -0.15) is 5.26 Å². The van der Waals surface area contributed by atoms with E-state index in [0.29, 0.717) is 23.0 Å². The smallest absolute Gasteiger partial charge is 0.164 e. The van der Waals surface area contributed by atoms with Gasteiger partial charge in [-0.3, -0.25) is 0 Å². The van der Waals surface area contributed by atoms with Crippen LogP contribution in [-0.2, 0) is 0 Å². The highest BCUT2D eigenvalue weighted by Crippen LogP contribution is 2.38. The van der Waals surface area contributed by atoms with Crippen molar-refractivity contribution >= 4 is 43.7 Å². The predicted molar refractivity (Wildman–Crippen MR) is 182 cm³/mol. The summed E-state index contributed by atoms with van der Waals surface area (Å²) in [5.41, 5.74) is 7.98. The zero-order chi connectivity index (χ0) is 30.6. The summed E-state index contributed by atoms with van der Waals surface area (Å²) in [6.45, 7) is 0. The summed E-state index contributed by atoms with van der Waals surface area (Å²) in [5.74, 6) is 1.63. The second kappa shape index (κ2) is 10.3. The number of furan rings is 1. The van der Waals surface area contributed by atoms with E-state index >= 15 is 0 Å². The van der Waals surface area contributed by atoms with Crippen LogP contribution in [0.3, 0.4) is 0 Å². The normalized spacial score (nSPS) is 11.5. The Balaban J connectivity index is 1.27. The lowest BCUT2D eigenvalue weighted by Gasteiger charge is -2.11. The molecule has 0 radical (unpaired) electrons. The SMILES string of the molecule is N#Cc1cccc(-c2nc(-c3ccccc3)nc(-c3cccc(-n4c5ccccc5c5cc6oc7ccccc7c6cc54)c3)n2)c1. The molecule has 0 unspecified atom stereocenters. The number of aromatic nitrogens is 4. The number of nitrogens with zero attached hydrogens (tertiary/aromatic N) is 5. The van der Waals surface area contributed by atoms with Gasteiger partial charge in [-0.05, 0) is 48.5 Å². The van der Waals surface area contributed by atoms with Crippen LogP contribution in [0.2, 0.25) is 0 Å². The summed E-state index contributed by atoms with van der Waals surface area (Å²) >= 11 is 0. The number of hydrogen-bond donors (Lipinski definition) is 0. The maximum absolute atomic E-state index is 9.53. The van der Waals surface area contributed by atoms with Crippen LogP contribution in [0.25, 0.3) is 83.6 Å². The van der Waals surface area contributed by atoms with Crippen molar-refractivity contribution in [2.75, 3.05) is 0 Å². The minimum absolute atomic E-state index is 0.512. The monoisotopic (exact) mass is 589 g/mol. The van der Waals surface area contributed by atoms with Crippen molar-refractivity contribution in [1.29, 1.82) is 5.26 Å². The van der Waals surface area contributed by atoms with E-state index in [1.807, 2.05) is 78.9 Å². The molecule has 214 valence electrons. The lowest BCUT2D eigenvalue weighted by Crippen LogP contribution is -2.01. The molecule has 46 heavy (non-hydrogen) atoms. The fraction of sp³-hybridized carbons (Fsp3) is 0. The Hall–Kier alpha value is -6.58. The van der Waals surface area contributed by atoms with Crippen LogP contribution in [-0.4, -0.2) is 19.5 Å². The van der Waals surface area contributed by atoms with Gasteiger partial charge in [0.2, 0.25) is 0 Å². The van der Waals surface area contributed by atoms with Crippen molar-refractivity contribution in [3.05, 3.63) is 145 Å². The minimum atomic E-state index is 0.512. The molecular weight excluding hydrogens is 566 g/mol. The zero-order valence-corrected chi connectivity index (χ0v) is 24.4. The van der Waals surface area contributed by atoms with Gasteiger partial charge in [0.25, 0.3) is 0 Å². The molecule has 0 aliphatic carbocycles. The lowest BCUT2D eigenvalue weighted by molar-refractivity contribution is 0.669. The average molecular weight is 590 g/mol. The molecule has 6 aromatic carbocycles. The first-order valence-electron chi connectivity index (χ1n) is 15.0. The molecular formula is C40H23N5O. The second-order valence-corrected chi connectivity index (χ2v) is 11.2. The second-order valence-electron chi connectivity index (χ2n) is 11.2. The van der Waals surface area contributed by atoms with Gasteiger partial charge >= 0.3 is 0 Å². The number of rotatable bonds is 4. The molecule has 0 N–H and O–H groups in total. The Bertz CT molecular complexity index is 2660. The lowest BCUT2D eigenvalue weighted by atomic mass is 10.1. The summed E-state index contributed by atoms with van der Waals surface area (Å²) in [5, 5.41) is 14.0. The van der Waals surface area contributed by atoms with E-state index in [-0.39, 0.29) is 0 Å². The topological polar surface area (TPSA) is 80.5 Å². The van der Waals surface area contributed by atoms with Crippen molar-refractivity contribution in [1.82, 2.24) is 19.5 Å². The Morgan fingerprint density at radius 2 is 1.13 bits per heavy atom. The standard InChI is InChI=1S/C40H23N5O/c41-24-25-10-8-13-27(20-25)39-42-38(26-11-2-1-3-12-26)43-40(44-39)28-14-9-15-29(21-28)45-34-18-6-4-16-30(34)32-23-37-33(22-35(32)45)31-17-5-7-19-36(31)46-37/h1-23H. The van der Waals surface area contributed by atoms with Crippen LogP contribution in [0.1, 0.15) is 5.56 Å². The van der Waals surface area contributed by atoms with Gasteiger partial charge in [0.05, 0.1) is 22.7 Å². The largest absolute Gasteiger partial charge is 0.456 e. The van der Waals surface area contributed by atoms with Gasteiger partial charge in [0.15, 0.2) is 17.5 Å². The quantitative estimate of drug-likeness (QED) is 0.204. The Kier molecular flexibility index (Phi) is 5.77. The summed E-state index contributed by atoms with van der Waals surface area (Å²) in [6, 6.07) is 48.8. The molecule has 0 spiro atoms. The molecule has 9 aromatic rings. The van der Waals surface area contributed by atoms with Crippen LogP contribution < -0.4 is 0 Å². The third-order valence-corrected chi connectivity index (χ3v) is 8.45. The van der Waals surface area contributed by atoms with Crippen LogP contribution in [0, 0.1) is 11.3 Å². The van der Waals surface area contributed by atoms with Gasteiger partial charge in [-0.1, -0.05) is 91.0 Å². The van der Waals surface area contributed by atoms with E-state index in [4.69, 9.17) is 19.4 Å². The molecule has 0 amide bonds. The van der Waals surface area contributed by atoms with Crippen molar-refractivity contribution in [2.45, 2.75) is 0 Å². The predicted octanol–water partition coefficient (Wildman–Crippen LogP) is 9.74. The van der Waals surface area contributed by atoms with Crippen LogP contribution in [0.4, 0.5) is 0 Å². The third-order valence-electron chi connectivity index (χ3n) is 8.45. The molecule has 3 aromatic heterocycles. The van der Waals surface area contributed by atoms with E-state index in [1.165, 1.54) is 0 Å². The first kappa shape index (κ1) is 25.9. The van der Waals surface area contributed by atoms with Crippen molar-refractivity contribution in [2.24, 2.45) is 0 Å². The highest BCUT2D eigenvalue weighted by Gasteiger charge is 2.18. The van der Waals surface area contributed by atoms with Crippen LogP contribution in [0.5, 0.6) is 0 Å². The van der Waals surface area contributed by atoms with Crippen molar-refractivity contribution in [3.8, 4) is 45.9 Å². The molecule has 0 fully saturated rings. The summed E-state index contributed by atoms with van der Waals surface area (Å²) < 4.78 is 8.56. The Morgan fingerprint density at radius 3 is 1.93 bits per heavy atom. The number of nitriles is 1. The summed E-state index contributed by atoms with van der Waals surface area (Å²) in [4.78, 5) is 14.7. The van der Waals surface area contributed by atoms with Crippen molar-refractivity contribution in [3.63, 3.8) is 0 Å². The first-order valence-corrected chi connectivity index (χ1v) is 15.0. The first-order chi connectivity index (χ1) is 22.7. The highest BCUT2D eigenvalue weighted by atomic mass is 16.3. The molecule has 0 atom stereocenters. The summed E-state index contributed by atoms with van der Waals surface area (Å²) in [7, 11) is 0. The molecule has 0 saturated carbocycles. The molecule has 0 saturated heterocycles. The maximum atomic E-state index is 9.53. The van der Waals surface area contributed by atoms with Gasteiger partial charge in [0.1, 0.15) is 11.2 Å². The van der Waals surface area contributed by atoms with Gasteiger partial charge in [0, 0.05) is 43.9 Å². The number of para-hydroxylation sites is 2. The molecule has 0 aliphatic heterocycles. The van der Waals surface area contributed by atoms with Crippen LogP contribution in [0.15, 0.2) is 144 Å². The van der Waals surface area contributed by atoms with Gasteiger partial charge in [-0.25, -0.2) is 15.0 Å². The Morgan fingerprint density at radius 1 is 0.478 bits per heavy atom. The molecule has 9 rings (SSSR count). The maximum Gasteiger partial charge on any atom is 0.164 e. The van der Waals surface area contributed by atoms with Gasteiger partial charge in [-0.15, -0.1) is 0 Å². The zero-order valence-electron chi connectivity index (χ0n) is 24.4. The van der Waals surface area contributed by atoms with Gasteiger partial charge < -0.3 is 8.98 Å². The fourth-order valence-corrected chi connectivity index (χ4v) is 6.33. The number of hydrogen-bond acceptors (Lipinski definition) is 5.